The van der Waals surface area contributed by atoms with Crippen molar-refractivity contribution in [2.75, 3.05) is 0 Å². The van der Waals surface area contributed by atoms with E-state index in [-0.39, 0.29) is 17.9 Å². The monoisotopic (exact) mass is 298 g/mol. The molecule has 0 spiro atoms. The second-order valence-electron chi connectivity index (χ2n) is 5.26. The standard InChI is InChI=1S/C14H19ClN2O3/c1-2-5-17-8-10(15)7-12(17)13(18)16-11-4-3-9(6-11)14(19)20/h7-9,11H,2-6H2,1H3,(H,16,18)(H,19,20). The van der Waals surface area contributed by atoms with Gasteiger partial charge in [-0.2, -0.15) is 0 Å². The van der Waals surface area contributed by atoms with E-state index in [2.05, 4.69) is 5.32 Å². The molecular formula is C14H19ClN2O3. The van der Waals surface area contributed by atoms with Crippen molar-refractivity contribution in [2.24, 2.45) is 5.92 Å². The minimum atomic E-state index is -0.779. The Kier molecular flexibility index (Phi) is 4.70. The third-order valence-electron chi connectivity index (χ3n) is 3.68. The molecule has 110 valence electrons. The molecule has 0 saturated heterocycles. The predicted molar refractivity (Wildman–Crippen MR) is 76.0 cm³/mol. The van der Waals surface area contributed by atoms with Gasteiger partial charge in [0, 0.05) is 18.8 Å². The van der Waals surface area contributed by atoms with Gasteiger partial charge in [-0.15, -0.1) is 0 Å². The number of amides is 1. The highest BCUT2D eigenvalue weighted by Crippen LogP contribution is 2.26. The topological polar surface area (TPSA) is 71.3 Å². The molecule has 1 saturated carbocycles. The Labute approximate surface area is 122 Å². The van der Waals surface area contributed by atoms with Crippen LogP contribution in [0.5, 0.6) is 0 Å². The minimum absolute atomic E-state index is 0.0626. The molecule has 0 aromatic carbocycles. The van der Waals surface area contributed by atoms with Gasteiger partial charge in [0.15, 0.2) is 0 Å². The fraction of sp³-hybridized carbons (Fsp3) is 0.571. The van der Waals surface area contributed by atoms with Crippen molar-refractivity contribution in [1.82, 2.24) is 9.88 Å². The van der Waals surface area contributed by atoms with Crippen LogP contribution < -0.4 is 5.32 Å². The summed E-state index contributed by atoms with van der Waals surface area (Å²) in [6.07, 6.45) is 4.50. The lowest BCUT2D eigenvalue weighted by Crippen LogP contribution is -2.34. The van der Waals surface area contributed by atoms with Crippen LogP contribution in [-0.4, -0.2) is 27.6 Å². The molecule has 1 fully saturated rings. The number of carbonyl (C=O) groups is 2. The first-order valence-electron chi connectivity index (χ1n) is 6.90. The summed E-state index contributed by atoms with van der Waals surface area (Å²) in [5.41, 5.74) is 0.538. The average molecular weight is 299 g/mol. The molecule has 1 aromatic heterocycles. The number of aryl methyl sites for hydroxylation is 1. The van der Waals surface area contributed by atoms with Gasteiger partial charge in [0.2, 0.25) is 0 Å². The first kappa shape index (κ1) is 14.9. The maximum absolute atomic E-state index is 12.2. The summed E-state index contributed by atoms with van der Waals surface area (Å²) in [7, 11) is 0. The Balaban J connectivity index is 2.00. The number of hydrogen-bond acceptors (Lipinski definition) is 2. The van der Waals surface area contributed by atoms with Crippen LogP contribution in [0, 0.1) is 5.92 Å². The van der Waals surface area contributed by atoms with E-state index in [1.165, 1.54) is 0 Å². The zero-order valence-electron chi connectivity index (χ0n) is 11.4. The molecule has 1 aromatic rings. The Morgan fingerprint density at radius 1 is 1.50 bits per heavy atom. The normalized spacial score (nSPS) is 21.9. The maximum atomic E-state index is 12.2. The molecule has 2 atom stereocenters. The van der Waals surface area contributed by atoms with Crippen molar-refractivity contribution >= 4 is 23.5 Å². The zero-order chi connectivity index (χ0) is 14.7. The largest absolute Gasteiger partial charge is 0.481 e. The van der Waals surface area contributed by atoms with Gasteiger partial charge >= 0.3 is 5.97 Å². The van der Waals surface area contributed by atoms with Gasteiger partial charge in [-0.25, -0.2) is 0 Å². The van der Waals surface area contributed by atoms with E-state index in [4.69, 9.17) is 16.7 Å². The van der Waals surface area contributed by atoms with Gasteiger partial charge in [-0.1, -0.05) is 18.5 Å². The summed E-state index contributed by atoms with van der Waals surface area (Å²) in [6, 6.07) is 1.59. The number of carbonyl (C=O) groups excluding carboxylic acids is 1. The number of aromatic nitrogens is 1. The van der Waals surface area contributed by atoms with Crippen molar-refractivity contribution < 1.29 is 14.7 Å². The summed E-state index contributed by atoms with van der Waals surface area (Å²) in [6.45, 7) is 2.77. The van der Waals surface area contributed by atoms with Gasteiger partial charge in [-0.3, -0.25) is 9.59 Å². The predicted octanol–water partition coefficient (Wildman–Crippen LogP) is 2.53. The molecule has 0 aliphatic heterocycles. The maximum Gasteiger partial charge on any atom is 0.306 e. The van der Waals surface area contributed by atoms with E-state index in [9.17, 15) is 9.59 Å². The summed E-state index contributed by atoms with van der Waals surface area (Å²) in [5.74, 6) is -1.30. The SMILES string of the molecule is CCCn1cc(Cl)cc1C(=O)NC1CCC(C(=O)O)C1. The first-order chi connectivity index (χ1) is 9.51. The molecule has 20 heavy (non-hydrogen) atoms. The lowest BCUT2D eigenvalue weighted by atomic mass is 10.1. The molecule has 1 aliphatic carbocycles. The fourth-order valence-corrected chi connectivity index (χ4v) is 2.91. The number of rotatable bonds is 5. The van der Waals surface area contributed by atoms with E-state index in [0.717, 1.165) is 13.0 Å². The van der Waals surface area contributed by atoms with Crippen LogP contribution in [0.1, 0.15) is 43.1 Å². The van der Waals surface area contributed by atoms with Crippen LogP contribution in [0.15, 0.2) is 12.3 Å². The van der Waals surface area contributed by atoms with Gasteiger partial charge in [0.05, 0.1) is 10.9 Å². The second-order valence-corrected chi connectivity index (χ2v) is 5.69. The Bertz CT molecular complexity index is 513. The first-order valence-corrected chi connectivity index (χ1v) is 7.28. The highest BCUT2D eigenvalue weighted by Gasteiger charge is 2.31. The smallest absolute Gasteiger partial charge is 0.306 e. The molecule has 1 heterocycles. The molecule has 5 nitrogen and oxygen atoms in total. The molecule has 6 heteroatoms. The highest BCUT2D eigenvalue weighted by molar-refractivity contribution is 6.31. The van der Waals surface area contributed by atoms with Crippen LogP contribution in [-0.2, 0) is 11.3 Å². The lowest BCUT2D eigenvalue weighted by molar-refractivity contribution is -0.141. The average Bonchev–Trinajstić information content (AvgIpc) is 2.97. The number of carboxylic acid groups (broad SMARTS) is 1. The second kappa shape index (κ2) is 6.31. The molecule has 1 aliphatic rings. The third-order valence-corrected chi connectivity index (χ3v) is 3.88. The molecule has 0 radical (unpaired) electrons. The number of aliphatic carboxylic acids is 1. The van der Waals surface area contributed by atoms with Crippen LogP contribution in [0.4, 0.5) is 0 Å². The van der Waals surface area contributed by atoms with Gasteiger partial charge in [-0.05, 0) is 31.7 Å². The minimum Gasteiger partial charge on any atom is -0.481 e. The van der Waals surface area contributed by atoms with E-state index in [1.54, 1.807) is 12.3 Å². The molecular weight excluding hydrogens is 280 g/mol. The van der Waals surface area contributed by atoms with Crippen molar-refractivity contribution in [2.45, 2.75) is 45.2 Å². The summed E-state index contributed by atoms with van der Waals surface area (Å²) in [4.78, 5) is 23.2. The lowest BCUT2D eigenvalue weighted by Gasteiger charge is -2.13. The number of nitrogens with one attached hydrogen (secondary N) is 1. The van der Waals surface area contributed by atoms with E-state index in [1.807, 2.05) is 11.5 Å². The van der Waals surface area contributed by atoms with E-state index < -0.39 is 5.97 Å². The fourth-order valence-electron chi connectivity index (χ4n) is 2.69. The zero-order valence-corrected chi connectivity index (χ0v) is 12.2. The van der Waals surface area contributed by atoms with Gasteiger partial charge in [0.25, 0.3) is 5.91 Å². The van der Waals surface area contributed by atoms with Crippen molar-refractivity contribution in [1.29, 1.82) is 0 Å². The van der Waals surface area contributed by atoms with Crippen molar-refractivity contribution in [3.05, 3.63) is 23.0 Å². The molecule has 0 bridgehead atoms. The van der Waals surface area contributed by atoms with Gasteiger partial charge in [0.1, 0.15) is 5.69 Å². The Morgan fingerprint density at radius 3 is 2.85 bits per heavy atom. The Morgan fingerprint density at radius 2 is 2.25 bits per heavy atom. The Hall–Kier alpha value is -1.49. The number of nitrogens with zero attached hydrogens (tertiary/aromatic N) is 1. The number of carboxylic acids is 1. The molecule has 2 rings (SSSR count). The van der Waals surface area contributed by atoms with Crippen molar-refractivity contribution in [3.63, 3.8) is 0 Å². The van der Waals surface area contributed by atoms with Crippen LogP contribution in [0.3, 0.4) is 0 Å². The highest BCUT2D eigenvalue weighted by atomic mass is 35.5. The van der Waals surface area contributed by atoms with Crippen LogP contribution in [0.2, 0.25) is 5.02 Å². The number of hydrogen-bond donors (Lipinski definition) is 2. The molecule has 1 amide bonds. The summed E-state index contributed by atoms with van der Waals surface area (Å²) >= 11 is 5.95. The molecule has 2 N–H and O–H groups in total. The van der Waals surface area contributed by atoms with Gasteiger partial charge < -0.3 is 15.0 Å². The summed E-state index contributed by atoms with van der Waals surface area (Å²) < 4.78 is 1.83. The quantitative estimate of drug-likeness (QED) is 0.877. The third kappa shape index (κ3) is 3.33. The van der Waals surface area contributed by atoms with Crippen LogP contribution in [0.25, 0.3) is 0 Å². The number of halogens is 1. The molecule has 2 unspecified atom stereocenters. The summed E-state index contributed by atoms with van der Waals surface area (Å²) in [5, 5.41) is 12.4. The van der Waals surface area contributed by atoms with Crippen LogP contribution >= 0.6 is 11.6 Å². The van der Waals surface area contributed by atoms with E-state index in [0.29, 0.717) is 30.0 Å². The van der Waals surface area contributed by atoms with Crippen molar-refractivity contribution in [3.8, 4) is 0 Å². The van der Waals surface area contributed by atoms with E-state index >= 15 is 0 Å².